The summed E-state index contributed by atoms with van der Waals surface area (Å²) in [5.41, 5.74) is 0.513. The first-order chi connectivity index (χ1) is 8.58. The molecule has 3 nitrogen and oxygen atoms in total. The molecule has 2 rings (SSSR count). The second-order valence-corrected chi connectivity index (χ2v) is 5.13. The fraction of sp³-hybridized carbons (Fsp3) is 0.385. The molecular weight excluding hydrogens is 273 g/mol. The van der Waals surface area contributed by atoms with E-state index in [2.05, 4.69) is 0 Å². The third kappa shape index (κ3) is 3.03. The number of hydrogen-bond acceptors (Lipinski definition) is 2. The lowest BCUT2D eigenvalue weighted by Gasteiger charge is -2.20. The molecule has 1 aliphatic rings. The Labute approximate surface area is 116 Å². The Hall–Kier alpha value is -1.06. The zero-order chi connectivity index (χ0) is 13.1. The maximum atomic E-state index is 12.2. The molecule has 1 amide bonds. The fourth-order valence-corrected chi connectivity index (χ4v) is 2.28. The molecule has 0 N–H and O–H groups in total. The van der Waals surface area contributed by atoms with Crippen molar-refractivity contribution >= 4 is 34.9 Å². The summed E-state index contributed by atoms with van der Waals surface area (Å²) in [6, 6.07) is 4.84. The van der Waals surface area contributed by atoms with Gasteiger partial charge in [0.15, 0.2) is 0 Å². The molecule has 1 aliphatic heterocycles. The Kier molecular flexibility index (Phi) is 4.25. The van der Waals surface area contributed by atoms with Crippen LogP contribution in [0.4, 0.5) is 0 Å². The summed E-state index contributed by atoms with van der Waals surface area (Å²) in [4.78, 5) is 25.2. The van der Waals surface area contributed by atoms with Gasteiger partial charge in [-0.2, -0.15) is 0 Å². The summed E-state index contributed by atoms with van der Waals surface area (Å²) in [5, 5.41) is 0.799. The number of halogens is 2. The lowest BCUT2D eigenvalue weighted by Crippen LogP contribution is -2.32. The van der Waals surface area contributed by atoms with E-state index in [1.54, 1.807) is 23.1 Å². The number of rotatable bonds is 1. The fourth-order valence-electron chi connectivity index (χ4n) is 1.98. The Morgan fingerprint density at radius 3 is 2.61 bits per heavy atom. The number of hydrogen-bond donors (Lipinski definition) is 0. The van der Waals surface area contributed by atoms with Gasteiger partial charge < -0.3 is 4.90 Å². The molecule has 0 atom stereocenters. The zero-order valence-corrected chi connectivity index (χ0v) is 11.3. The third-order valence-electron chi connectivity index (χ3n) is 3.00. The number of carbonyl (C=O) groups is 2. The number of benzene rings is 1. The first-order valence-electron chi connectivity index (χ1n) is 5.84. The predicted molar refractivity (Wildman–Crippen MR) is 71.2 cm³/mol. The largest absolute Gasteiger partial charge is 0.338 e. The maximum absolute atomic E-state index is 12.2. The van der Waals surface area contributed by atoms with E-state index in [4.69, 9.17) is 23.2 Å². The second kappa shape index (κ2) is 5.72. The zero-order valence-electron chi connectivity index (χ0n) is 9.79. The van der Waals surface area contributed by atoms with E-state index in [-0.39, 0.29) is 11.7 Å². The van der Waals surface area contributed by atoms with Crippen LogP contribution in [0.25, 0.3) is 0 Å². The number of amides is 1. The Morgan fingerprint density at radius 1 is 1.11 bits per heavy atom. The van der Waals surface area contributed by atoms with Gasteiger partial charge in [0, 0.05) is 31.5 Å². The quantitative estimate of drug-likeness (QED) is 0.795. The predicted octanol–water partition coefficient (Wildman–Crippen LogP) is 3.19. The maximum Gasteiger partial charge on any atom is 0.253 e. The van der Waals surface area contributed by atoms with E-state index in [9.17, 15) is 9.59 Å². The van der Waals surface area contributed by atoms with Crippen molar-refractivity contribution in [2.24, 2.45) is 0 Å². The highest BCUT2D eigenvalue weighted by atomic mass is 35.5. The molecule has 0 spiro atoms. The van der Waals surface area contributed by atoms with Crippen LogP contribution in [0.3, 0.4) is 0 Å². The topological polar surface area (TPSA) is 37.4 Å². The van der Waals surface area contributed by atoms with Crippen molar-refractivity contribution in [3.05, 3.63) is 33.8 Å². The van der Waals surface area contributed by atoms with Crippen molar-refractivity contribution in [2.75, 3.05) is 13.1 Å². The molecule has 1 aromatic carbocycles. The lowest BCUT2D eigenvalue weighted by atomic mass is 10.2. The number of carbonyl (C=O) groups excluding carboxylic acids is 2. The van der Waals surface area contributed by atoms with E-state index in [0.29, 0.717) is 41.5 Å². The molecular formula is C13H13Cl2NO2. The van der Waals surface area contributed by atoms with Crippen molar-refractivity contribution in [3.63, 3.8) is 0 Å². The van der Waals surface area contributed by atoms with Crippen LogP contribution in [0.2, 0.25) is 10.0 Å². The van der Waals surface area contributed by atoms with Gasteiger partial charge in [0.2, 0.25) is 0 Å². The van der Waals surface area contributed by atoms with Crippen LogP contribution in [0.5, 0.6) is 0 Å². The van der Waals surface area contributed by atoms with Gasteiger partial charge in [0.05, 0.1) is 10.0 Å². The number of likely N-dealkylation sites (tertiary alicyclic amines) is 1. The normalized spacial score (nSPS) is 16.6. The highest BCUT2D eigenvalue weighted by Gasteiger charge is 2.20. The number of nitrogens with zero attached hydrogens (tertiary/aromatic N) is 1. The smallest absolute Gasteiger partial charge is 0.253 e. The molecule has 1 aromatic rings. The minimum absolute atomic E-state index is 0.0942. The Bertz CT molecular complexity index is 488. The molecule has 0 aromatic heterocycles. The highest BCUT2D eigenvalue weighted by Crippen LogP contribution is 2.23. The molecule has 0 aliphatic carbocycles. The van der Waals surface area contributed by atoms with Gasteiger partial charge in [-0.05, 0) is 24.6 Å². The number of Topliss-reactive ketones (excluding diaryl/α,β-unsaturated/α-hetero) is 1. The molecule has 1 heterocycles. The van der Waals surface area contributed by atoms with E-state index >= 15 is 0 Å². The van der Waals surface area contributed by atoms with Crippen LogP contribution in [0.1, 0.15) is 29.6 Å². The first kappa shape index (κ1) is 13.4. The summed E-state index contributed by atoms with van der Waals surface area (Å²) in [5.74, 6) is 0.128. The molecule has 5 heteroatoms. The van der Waals surface area contributed by atoms with Gasteiger partial charge in [-0.3, -0.25) is 9.59 Å². The van der Waals surface area contributed by atoms with Gasteiger partial charge in [0.1, 0.15) is 5.78 Å². The molecule has 1 saturated heterocycles. The van der Waals surface area contributed by atoms with Crippen LogP contribution in [0, 0.1) is 0 Å². The standard InChI is InChI=1S/C13H13Cl2NO2/c14-11-4-3-9(8-12(11)15)13(18)16-6-1-2-10(17)5-7-16/h3-4,8H,1-2,5-7H2. The molecule has 96 valence electrons. The average molecular weight is 286 g/mol. The minimum Gasteiger partial charge on any atom is -0.338 e. The van der Waals surface area contributed by atoms with Crippen molar-refractivity contribution < 1.29 is 9.59 Å². The Morgan fingerprint density at radius 2 is 1.89 bits per heavy atom. The molecule has 1 fully saturated rings. The van der Waals surface area contributed by atoms with Crippen molar-refractivity contribution in [1.82, 2.24) is 4.90 Å². The van der Waals surface area contributed by atoms with E-state index < -0.39 is 0 Å². The van der Waals surface area contributed by atoms with E-state index in [0.717, 1.165) is 6.42 Å². The average Bonchev–Trinajstić information content (AvgIpc) is 2.57. The van der Waals surface area contributed by atoms with Crippen molar-refractivity contribution in [1.29, 1.82) is 0 Å². The lowest BCUT2D eigenvalue weighted by molar-refractivity contribution is -0.118. The van der Waals surface area contributed by atoms with Crippen molar-refractivity contribution in [2.45, 2.75) is 19.3 Å². The molecule has 0 unspecified atom stereocenters. The van der Waals surface area contributed by atoms with Gasteiger partial charge in [-0.25, -0.2) is 0 Å². The Balaban J connectivity index is 2.14. The highest BCUT2D eigenvalue weighted by molar-refractivity contribution is 6.42. The molecule has 0 radical (unpaired) electrons. The summed E-state index contributed by atoms with van der Waals surface area (Å²) in [7, 11) is 0. The van der Waals surface area contributed by atoms with Crippen molar-refractivity contribution in [3.8, 4) is 0 Å². The summed E-state index contributed by atoms with van der Waals surface area (Å²) >= 11 is 11.7. The SMILES string of the molecule is O=C1CCCN(C(=O)c2ccc(Cl)c(Cl)c2)CC1. The van der Waals surface area contributed by atoms with Crippen LogP contribution in [-0.4, -0.2) is 29.7 Å². The van der Waals surface area contributed by atoms with E-state index in [1.807, 2.05) is 0 Å². The van der Waals surface area contributed by atoms with Crippen LogP contribution >= 0.6 is 23.2 Å². The van der Waals surface area contributed by atoms with Gasteiger partial charge in [-0.1, -0.05) is 23.2 Å². The van der Waals surface area contributed by atoms with Crippen LogP contribution in [0.15, 0.2) is 18.2 Å². The van der Waals surface area contributed by atoms with Crippen LogP contribution < -0.4 is 0 Å². The second-order valence-electron chi connectivity index (χ2n) is 4.31. The molecule has 18 heavy (non-hydrogen) atoms. The monoisotopic (exact) mass is 285 g/mol. The molecule has 0 bridgehead atoms. The van der Waals surface area contributed by atoms with E-state index in [1.165, 1.54) is 0 Å². The molecule has 0 saturated carbocycles. The summed E-state index contributed by atoms with van der Waals surface area (Å²) < 4.78 is 0. The van der Waals surface area contributed by atoms with Gasteiger partial charge in [0.25, 0.3) is 5.91 Å². The van der Waals surface area contributed by atoms with Gasteiger partial charge in [-0.15, -0.1) is 0 Å². The summed E-state index contributed by atoms with van der Waals surface area (Å²) in [6.45, 7) is 1.10. The van der Waals surface area contributed by atoms with Crippen LogP contribution in [-0.2, 0) is 4.79 Å². The summed E-state index contributed by atoms with van der Waals surface area (Å²) in [6.07, 6.45) is 1.73. The minimum atomic E-state index is -0.0942. The van der Waals surface area contributed by atoms with Gasteiger partial charge >= 0.3 is 0 Å². The third-order valence-corrected chi connectivity index (χ3v) is 3.74. The number of ketones is 1. The first-order valence-corrected chi connectivity index (χ1v) is 6.59.